The Kier molecular flexibility index (Phi) is 4.39. The van der Waals surface area contributed by atoms with Crippen LogP contribution in [0.2, 0.25) is 0 Å². The van der Waals surface area contributed by atoms with Gasteiger partial charge in [-0.05, 0) is 19.3 Å². The van der Waals surface area contributed by atoms with Gasteiger partial charge in [-0.2, -0.15) is 5.10 Å². The molecule has 1 aromatic heterocycles. The fourth-order valence-electron chi connectivity index (χ4n) is 2.74. The van der Waals surface area contributed by atoms with Gasteiger partial charge in [0.2, 0.25) is 5.91 Å². The first-order chi connectivity index (χ1) is 11.0. The Morgan fingerprint density at radius 2 is 2.30 bits per heavy atom. The third-order valence-electron chi connectivity index (χ3n) is 4.76. The molecule has 0 bridgehead atoms. The monoisotopic (exact) mass is 320 g/mol. The van der Waals surface area contributed by atoms with Crippen molar-refractivity contribution in [3.63, 3.8) is 0 Å². The molecule has 1 saturated heterocycles. The Labute approximate surface area is 135 Å². The smallest absolute Gasteiger partial charge is 0.268 e. The van der Waals surface area contributed by atoms with Crippen molar-refractivity contribution >= 4 is 11.6 Å². The number of morpholine rings is 1. The average Bonchev–Trinajstić information content (AvgIpc) is 3.29. The zero-order valence-corrected chi connectivity index (χ0v) is 13.7. The van der Waals surface area contributed by atoms with Gasteiger partial charge in [0.25, 0.3) is 5.56 Å². The highest BCUT2D eigenvalue weighted by atomic mass is 16.5. The summed E-state index contributed by atoms with van der Waals surface area (Å²) < 4.78 is 7.08. The fourth-order valence-corrected chi connectivity index (χ4v) is 2.74. The minimum Gasteiger partial charge on any atom is -0.374 e. The Morgan fingerprint density at radius 3 is 3.00 bits per heavy atom. The number of rotatable bonds is 5. The maximum atomic E-state index is 11.9. The minimum absolute atomic E-state index is 0.0557. The summed E-state index contributed by atoms with van der Waals surface area (Å²) in [6.07, 6.45) is 4.52. The van der Waals surface area contributed by atoms with Crippen LogP contribution in [0.3, 0.4) is 0 Å². The lowest BCUT2D eigenvalue weighted by Gasteiger charge is -2.34. The number of hydrogen-bond donors (Lipinski definition) is 1. The fraction of sp³-hybridized carbons (Fsp3) is 0.688. The van der Waals surface area contributed by atoms with E-state index in [2.05, 4.69) is 15.3 Å². The largest absolute Gasteiger partial charge is 0.374 e. The second-order valence-electron chi connectivity index (χ2n) is 6.72. The maximum absolute atomic E-state index is 11.9. The van der Waals surface area contributed by atoms with Crippen LogP contribution in [0.5, 0.6) is 0 Å². The maximum Gasteiger partial charge on any atom is 0.268 e. The quantitative estimate of drug-likeness (QED) is 0.844. The number of aromatic nitrogens is 2. The molecular weight excluding hydrogens is 296 g/mol. The van der Waals surface area contributed by atoms with E-state index in [0.717, 1.165) is 31.5 Å². The number of carbonyl (C=O) groups excluding carboxylic acids is 1. The summed E-state index contributed by atoms with van der Waals surface area (Å²) in [4.78, 5) is 25.7. The molecule has 1 N–H and O–H groups in total. The molecule has 1 aliphatic heterocycles. The summed E-state index contributed by atoms with van der Waals surface area (Å²) in [6.45, 7) is 4.70. The van der Waals surface area contributed by atoms with Crippen LogP contribution in [0.1, 0.15) is 26.2 Å². The van der Waals surface area contributed by atoms with Crippen molar-refractivity contribution in [2.45, 2.75) is 32.3 Å². The minimum atomic E-state index is -0.130. The van der Waals surface area contributed by atoms with E-state index in [0.29, 0.717) is 19.7 Å². The standard InChI is InChI=1S/C16H24N4O3/c1-16(4-5-16)15(22)17-6-3-13-11-20(7-8-23-13)12-9-14(21)19(2)18-10-12/h9-10,13H,3-8,11H2,1-2H3,(H,17,22)/t13-/m1/s1. The van der Waals surface area contributed by atoms with E-state index in [9.17, 15) is 9.59 Å². The lowest BCUT2D eigenvalue weighted by Crippen LogP contribution is -2.44. The van der Waals surface area contributed by atoms with Gasteiger partial charge in [0.05, 0.1) is 24.6 Å². The topological polar surface area (TPSA) is 76.5 Å². The van der Waals surface area contributed by atoms with Gasteiger partial charge < -0.3 is 15.0 Å². The zero-order chi connectivity index (χ0) is 16.4. The molecule has 1 amide bonds. The molecule has 2 heterocycles. The molecule has 1 aromatic rings. The van der Waals surface area contributed by atoms with Crippen molar-refractivity contribution < 1.29 is 9.53 Å². The molecule has 0 aromatic carbocycles. The van der Waals surface area contributed by atoms with E-state index in [4.69, 9.17) is 4.74 Å². The molecule has 0 radical (unpaired) electrons. The number of anilines is 1. The molecule has 1 aliphatic carbocycles. The van der Waals surface area contributed by atoms with Crippen LogP contribution in [0.4, 0.5) is 5.69 Å². The van der Waals surface area contributed by atoms with Gasteiger partial charge in [0, 0.05) is 38.2 Å². The van der Waals surface area contributed by atoms with Gasteiger partial charge >= 0.3 is 0 Å². The number of hydrogen-bond acceptors (Lipinski definition) is 5. The molecule has 126 valence electrons. The second-order valence-corrected chi connectivity index (χ2v) is 6.72. The first kappa shape index (κ1) is 16.0. The molecular formula is C16H24N4O3. The number of carbonyl (C=O) groups is 1. The number of aryl methyl sites for hydroxylation is 1. The van der Waals surface area contributed by atoms with Crippen LogP contribution in [0.25, 0.3) is 0 Å². The molecule has 2 fully saturated rings. The van der Waals surface area contributed by atoms with Gasteiger partial charge in [0.1, 0.15) is 0 Å². The van der Waals surface area contributed by atoms with Crippen LogP contribution in [-0.2, 0) is 16.6 Å². The van der Waals surface area contributed by atoms with E-state index >= 15 is 0 Å². The molecule has 7 heteroatoms. The van der Waals surface area contributed by atoms with Crippen molar-refractivity contribution in [2.24, 2.45) is 12.5 Å². The summed E-state index contributed by atoms with van der Waals surface area (Å²) in [7, 11) is 1.64. The van der Waals surface area contributed by atoms with E-state index in [-0.39, 0.29) is 23.0 Å². The van der Waals surface area contributed by atoms with E-state index in [1.807, 2.05) is 6.92 Å². The molecule has 2 aliphatic rings. The third-order valence-corrected chi connectivity index (χ3v) is 4.76. The van der Waals surface area contributed by atoms with E-state index < -0.39 is 0 Å². The van der Waals surface area contributed by atoms with Gasteiger partial charge in [-0.1, -0.05) is 6.92 Å². The Morgan fingerprint density at radius 1 is 1.52 bits per heavy atom. The highest BCUT2D eigenvalue weighted by Gasteiger charge is 2.44. The SMILES string of the molecule is Cn1ncc(N2CCO[C@H](CCNC(=O)C3(C)CC3)C2)cc1=O. The Hall–Kier alpha value is -1.89. The van der Waals surface area contributed by atoms with Gasteiger partial charge in [-0.15, -0.1) is 0 Å². The predicted molar refractivity (Wildman–Crippen MR) is 86.4 cm³/mol. The average molecular weight is 320 g/mol. The highest BCUT2D eigenvalue weighted by molar-refractivity contribution is 5.84. The van der Waals surface area contributed by atoms with Crippen LogP contribution in [0.15, 0.2) is 17.1 Å². The molecule has 23 heavy (non-hydrogen) atoms. The molecule has 1 saturated carbocycles. The van der Waals surface area contributed by atoms with Crippen molar-refractivity contribution in [3.05, 3.63) is 22.6 Å². The summed E-state index contributed by atoms with van der Waals surface area (Å²) in [6, 6.07) is 1.60. The molecule has 1 atom stereocenters. The molecule has 0 spiro atoms. The van der Waals surface area contributed by atoms with E-state index in [1.54, 1.807) is 19.3 Å². The van der Waals surface area contributed by atoms with Crippen molar-refractivity contribution in [1.29, 1.82) is 0 Å². The zero-order valence-electron chi connectivity index (χ0n) is 13.7. The summed E-state index contributed by atoms with van der Waals surface area (Å²) in [5.41, 5.74) is 0.585. The van der Waals surface area contributed by atoms with Crippen LogP contribution < -0.4 is 15.8 Å². The third kappa shape index (κ3) is 3.72. The highest BCUT2D eigenvalue weighted by Crippen LogP contribution is 2.44. The number of nitrogens with zero attached hydrogens (tertiary/aromatic N) is 3. The van der Waals surface area contributed by atoms with Crippen LogP contribution >= 0.6 is 0 Å². The lowest BCUT2D eigenvalue weighted by molar-refractivity contribution is -0.125. The first-order valence-electron chi connectivity index (χ1n) is 8.16. The number of nitrogens with one attached hydrogen (secondary N) is 1. The molecule has 7 nitrogen and oxygen atoms in total. The van der Waals surface area contributed by atoms with Gasteiger partial charge in [0.15, 0.2) is 0 Å². The predicted octanol–water partition coefficient (Wildman–Crippen LogP) is 0.292. The number of ether oxygens (including phenoxy) is 1. The lowest BCUT2D eigenvalue weighted by atomic mass is 10.1. The van der Waals surface area contributed by atoms with Crippen molar-refractivity contribution in [1.82, 2.24) is 15.1 Å². The second kappa shape index (κ2) is 6.31. The summed E-state index contributed by atoms with van der Waals surface area (Å²) >= 11 is 0. The summed E-state index contributed by atoms with van der Waals surface area (Å²) in [5, 5.41) is 7.06. The Balaban J connectivity index is 1.50. The normalized spacial score (nSPS) is 22.7. The molecule has 3 rings (SSSR count). The molecule has 0 unspecified atom stereocenters. The first-order valence-corrected chi connectivity index (χ1v) is 8.16. The Bertz CT molecular complexity index is 638. The van der Waals surface area contributed by atoms with E-state index in [1.165, 1.54) is 4.68 Å². The van der Waals surface area contributed by atoms with Crippen LogP contribution in [0, 0.1) is 5.41 Å². The van der Waals surface area contributed by atoms with Gasteiger partial charge in [-0.3, -0.25) is 9.59 Å². The number of amides is 1. The van der Waals surface area contributed by atoms with Crippen molar-refractivity contribution in [2.75, 3.05) is 31.1 Å². The van der Waals surface area contributed by atoms with Gasteiger partial charge in [-0.25, -0.2) is 4.68 Å². The van der Waals surface area contributed by atoms with Crippen LogP contribution in [-0.4, -0.2) is 48.0 Å². The summed E-state index contributed by atoms with van der Waals surface area (Å²) in [5.74, 6) is 0.154. The van der Waals surface area contributed by atoms with Crippen molar-refractivity contribution in [3.8, 4) is 0 Å².